The quantitative estimate of drug-likeness (QED) is 0.848. The molecular formula is C18H31N3O2S. The van der Waals surface area contributed by atoms with E-state index in [4.69, 9.17) is 0 Å². The van der Waals surface area contributed by atoms with Crippen LogP contribution in [0.3, 0.4) is 0 Å². The number of benzene rings is 1. The lowest BCUT2D eigenvalue weighted by atomic mass is 10.0. The summed E-state index contributed by atoms with van der Waals surface area (Å²) in [5.41, 5.74) is 2.10. The highest BCUT2D eigenvalue weighted by molar-refractivity contribution is 7.89. The molecule has 0 aromatic heterocycles. The Morgan fingerprint density at radius 1 is 1.08 bits per heavy atom. The molecule has 1 saturated heterocycles. The van der Waals surface area contributed by atoms with Crippen molar-refractivity contribution in [3.63, 3.8) is 0 Å². The highest BCUT2D eigenvalue weighted by Gasteiger charge is 2.26. The molecule has 2 rings (SSSR count). The Morgan fingerprint density at radius 2 is 1.71 bits per heavy atom. The SMILES string of the molecule is Cc1ccc(S(=O)(=O)NCC(C(C)C)N2CCN(C)CC2)cc1C. The smallest absolute Gasteiger partial charge is 0.240 e. The van der Waals surface area contributed by atoms with Crippen molar-refractivity contribution >= 4 is 10.0 Å². The number of likely N-dealkylation sites (N-methyl/N-ethyl adjacent to an activating group) is 1. The largest absolute Gasteiger partial charge is 0.304 e. The van der Waals surface area contributed by atoms with Crippen LogP contribution in [-0.2, 0) is 10.0 Å². The number of aryl methyl sites for hydroxylation is 2. The molecule has 0 radical (unpaired) electrons. The van der Waals surface area contributed by atoms with E-state index in [1.807, 2.05) is 19.9 Å². The highest BCUT2D eigenvalue weighted by Crippen LogP contribution is 2.17. The van der Waals surface area contributed by atoms with Crippen molar-refractivity contribution in [2.24, 2.45) is 5.92 Å². The normalized spacial score (nSPS) is 18.9. The summed E-state index contributed by atoms with van der Waals surface area (Å²) < 4.78 is 28.1. The molecule has 0 saturated carbocycles. The zero-order chi connectivity index (χ0) is 17.9. The molecule has 6 heteroatoms. The van der Waals surface area contributed by atoms with Gasteiger partial charge in [0.25, 0.3) is 0 Å². The highest BCUT2D eigenvalue weighted by atomic mass is 32.2. The van der Waals surface area contributed by atoms with E-state index in [2.05, 4.69) is 35.4 Å². The van der Waals surface area contributed by atoms with Crippen molar-refractivity contribution in [2.45, 2.75) is 38.6 Å². The van der Waals surface area contributed by atoms with Crippen LogP contribution in [0, 0.1) is 19.8 Å². The predicted octanol–water partition coefficient (Wildman–Crippen LogP) is 1.85. The first kappa shape index (κ1) is 19.4. The number of hydrogen-bond acceptors (Lipinski definition) is 4. The average Bonchev–Trinajstić information content (AvgIpc) is 2.51. The van der Waals surface area contributed by atoms with Gasteiger partial charge < -0.3 is 4.90 Å². The van der Waals surface area contributed by atoms with Crippen molar-refractivity contribution in [1.29, 1.82) is 0 Å². The zero-order valence-corrected chi connectivity index (χ0v) is 16.4. The fraction of sp³-hybridized carbons (Fsp3) is 0.667. The molecule has 1 aliphatic heterocycles. The lowest BCUT2D eigenvalue weighted by Gasteiger charge is -2.39. The van der Waals surface area contributed by atoms with Gasteiger partial charge in [-0.1, -0.05) is 19.9 Å². The Balaban J connectivity index is 2.06. The van der Waals surface area contributed by atoms with Crippen LogP contribution in [0.1, 0.15) is 25.0 Å². The van der Waals surface area contributed by atoms with E-state index in [0.29, 0.717) is 17.4 Å². The minimum atomic E-state index is -3.46. The van der Waals surface area contributed by atoms with Crippen LogP contribution in [0.5, 0.6) is 0 Å². The van der Waals surface area contributed by atoms with Gasteiger partial charge in [0, 0.05) is 38.8 Å². The van der Waals surface area contributed by atoms with Crippen LogP contribution in [0.15, 0.2) is 23.1 Å². The Hall–Kier alpha value is -0.950. The second-order valence-electron chi connectivity index (χ2n) is 7.25. The molecule has 1 heterocycles. The summed E-state index contributed by atoms with van der Waals surface area (Å²) >= 11 is 0. The van der Waals surface area contributed by atoms with Crippen molar-refractivity contribution in [3.05, 3.63) is 29.3 Å². The van der Waals surface area contributed by atoms with Crippen molar-refractivity contribution in [2.75, 3.05) is 39.8 Å². The number of sulfonamides is 1. The van der Waals surface area contributed by atoms with E-state index in [0.717, 1.165) is 37.3 Å². The molecule has 1 N–H and O–H groups in total. The summed E-state index contributed by atoms with van der Waals surface area (Å²) in [6, 6.07) is 5.52. The van der Waals surface area contributed by atoms with Gasteiger partial charge in [-0.3, -0.25) is 4.90 Å². The van der Waals surface area contributed by atoms with Crippen molar-refractivity contribution in [1.82, 2.24) is 14.5 Å². The van der Waals surface area contributed by atoms with Gasteiger partial charge in [0.15, 0.2) is 0 Å². The van der Waals surface area contributed by atoms with E-state index >= 15 is 0 Å². The lowest BCUT2D eigenvalue weighted by Crippen LogP contribution is -2.54. The van der Waals surface area contributed by atoms with Crippen LogP contribution in [0.25, 0.3) is 0 Å². The van der Waals surface area contributed by atoms with Gasteiger partial charge >= 0.3 is 0 Å². The maximum atomic E-state index is 12.6. The van der Waals surface area contributed by atoms with Gasteiger partial charge in [0.05, 0.1) is 4.90 Å². The second kappa shape index (κ2) is 7.95. The zero-order valence-electron chi connectivity index (χ0n) is 15.5. The van der Waals surface area contributed by atoms with Gasteiger partial charge in [-0.2, -0.15) is 0 Å². The lowest BCUT2D eigenvalue weighted by molar-refractivity contribution is 0.0905. The predicted molar refractivity (Wildman–Crippen MR) is 98.8 cm³/mol. The molecule has 1 unspecified atom stereocenters. The molecule has 1 atom stereocenters. The molecule has 136 valence electrons. The van der Waals surface area contributed by atoms with Gasteiger partial charge in [-0.15, -0.1) is 0 Å². The van der Waals surface area contributed by atoms with Crippen LogP contribution in [-0.4, -0.2) is 64.0 Å². The Morgan fingerprint density at radius 3 is 2.25 bits per heavy atom. The monoisotopic (exact) mass is 353 g/mol. The molecule has 24 heavy (non-hydrogen) atoms. The van der Waals surface area contributed by atoms with Gasteiger partial charge in [0.2, 0.25) is 10.0 Å². The summed E-state index contributed by atoms with van der Waals surface area (Å²) in [5.74, 6) is 0.399. The first-order valence-corrected chi connectivity index (χ1v) is 10.2. The summed E-state index contributed by atoms with van der Waals surface area (Å²) in [5, 5.41) is 0. The average molecular weight is 354 g/mol. The maximum Gasteiger partial charge on any atom is 0.240 e. The Labute approximate surface area is 147 Å². The maximum absolute atomic E-state index is 12.6. The summed E-state index contributed by atoms with van der Waals surface area (Å²) in [7, 11) is -1.34. The summed E-state index contributed by atoms with van der Waals surface area (Å²) in [6.07, 6.45) is 0. The van der Waals surface area contributed by atoms with Gasteiger partial charge in [-0.05, 0) is 50.1 Å². The van der Waals surface area contributed by atoms with Crippen molar-refractivity contribution < 1.29 is 8.42 Å². The van der Waals surface area contributed by atoms with Gasteiger partial charge in [0.1, 0.15) is 0 Å². The van der Waals surface area contributed by atoms with Crippen LogP contribution in [0.2, 0.25) is 0 Å². The molecule has 1 aromatic carbocycles. The number of nitrogens with one attached hydrogen (secondary N) is 1. The van der Waals surface area contributed by atoms with Gasteiger partial charge in [-0.25, -0.2) is 13.1 Å². The number of nitrogens with zero attached hydrogens (tertiary/aromatic N) is 2. The number of piperazine rings is 1. The van der Waals surface area contributed by atoms with E-state index < -0.39 is 10.0 Å². The molecule has 0 aliphatic carbocycles. The number of rotatable bonds is 6. The third-order valence-electron chi connectivity index (χ3n) is 5.05. The molecular weight excluding hydrogens is 322 g/mol. The van der Waals surface area contributed by atoms with Crippen molar-refractivity contribution in [3.8, 4) is 0 Å². The Bertz CT molecular complexity index is 650. The standard InChI is InChI=1S/C18H31N3O2S/c1-14(2)18(21-10-8-20(5)9-11-21)13-19-24(22,23)17-7-6-15(3)16(4)12-17/h6-7,12,14,18-19H,8-11,13H2,1-5H3. The molecule has 1 fully saturated rings. The molecule has 0 spiro atoms. The first-order valence-electron chi connectivity index (χ1n) is 8.70. The molecule has 5 nitrogen and oxygen atoms in total. The Kier molecular flexibility index (Phi) is 6.42. The molecule has 1 aliphatic rings. The van der Waals surface area contributed by atoms with E-state index in [9.17, 15) is 8.42 Å². The topological polar surface area (TPSA) is 52.7 Å². The number of hydrogen-bond donors (Lipinski definition) is 1. The summed E-state index contributed by atoms with van der Waals surface area (Å²) in [6.45, 7) is 12.8. The minimum absolute atomic E-state index is 0.222. The fourth-order valence-electron chi connectivity index (χ4n) is 3.10. The third kappa shape index (κ3) is 4.79. The first-order chi connectivity index (χ1) is 11.2. The second-order valence-corrected chi connectivity index (χ2v) is 9.02. The fourth-order valence-corrected chi connectivity index (χ4v) is 4.24. The minimum Gasteiger partial charge on any atom is -0.304 e. The van der Waals surface area contributed by atoms with Crippen LogP contribution in [0.4, 0.5) is 0 Å². The molecule has 0 amide bonds. The van der Waals surface area contributed by atoms with Crippen LogP contribution >= 0.6 is 0 Å². The third-order valence-corrected chi connectivity index (χ3v) is 6.47. The summed E-state index contributed by atoms with van der Waals surface area (Å²) in [4.78, 5) is 5.08. The molecule has 1 aromatic rings. The van der Waals surface area contributed by atoms with E-state index in [1.54, 1.807) is 12.1 Å². The molecule has 0 bridgehead atoms. The van der Waals surface area contributed by atoms with E-state index in [-0.39, 0.29) is 6.04 Å². The van der Waals surface area contributed by atoms with Crippen LogP contribution < -0.4 is 4.72 Å². The van der Waals surface area contributed by atoms with E-state index in [1.165, 1.54) is 0 Å².